The predicted molar refractivity (Wildman–Crippen MR) is 212 cm³/mol. The van der Waals surface area contributed by atoms with Crippen molar-refractivity contribution in [3.05, 3.63) is 192 Å². The highest BCUT2D eigenvalue weighted by molar-refractivity contribution is 5.91. The maximum absolute atomic E-state index is 2.43. The lowest BCUT2D eigenvalue weighted by Gasteiger charge is -2.29. The summed E-state index contributed by atoms with van der Waals surface area (Å²) in [6.07, 6.45) is 6.83. The molecule has 0 saturated heterocycles. The summed E-state index contributed by atoms with van der Waals surface area (Å²) in [4.78, 5) is 2.41. The zero-order valence-electron chi connectivity index (χ0n) is 28.6. The summed E-state index contributed by atoms with van der Waals surface area (Å²) >= 11 is 0. The van der Waals surface area contributed by atoms with E-state index in [1.807, 2.05) is 0 Å². The van der Waals surface area contributed by atoms with Crippen LogP contribution in [0.15, 0.2) is 170 Å². The SMILES string of the molecule is CC1(C)c2cc(N(c3ccc(-c4ccccc4)cc3)c3ccc(-c4cccc5c4C=CCC5)cc3)ccc2-c2cccc(-c3ccccc3)c21. The second kappa shape index (κ2) is 12.2. The van der Waals surface area contributed by atoms with E-state index in [4.69, 9.17) is 0 Å². The first kappa shape index (κ1) is 30.2. The predicted octanol–water partition coefficient (Wildman–Crippen LogP) is 13.4. The number of fused-ring (bicyclic) bond motifs is 4. The van der Waals surface area contributed by atoms with Crippen LogP contribution in [0.4, 0.5) is 17.1 Å². The third kappa shape index (κ3) is 5.09. The summed E-state index contributed by atoms with van der Waals surface area (Å²) in [7, 11) is 0. The van der Waals surface area contributed by atoms with Gasteiger partial charge in [0.1, 0.15) is 0 Å². The fourth-order valence-corrected chi connectivity index (χ4v) is 8.26. The molecular formula is C49H39N. The average molecular weight is 642 g/mol. The molecule has 0 heterocycles. The van der Waals surface area contributed by atoms with Crippen LogP contribution < -0.4 is 4.90 Å². The maximum Gasteiger partial charge on any atom is 0.0465 e. The number of aryl methyl sites for hydroxylation is 1. The van der Waals surface area contributed by atoms with Gasteiger partial charge < -0.3 is 4.90 Å². The van der Waals surface area contributed by atoms with E-state index >= 15 is 0 Å². The lowest BCUT2D eigenvalue weighted by atomic mass is 9.78. The van der Waals surface area contributed by atoms with E-state index in [1.54, 1.807) is 0 Å². The molecule has 0 aromatic heterocycles. The van der Waals surface area contributed by atoms with Crippen LogP contribution in [0.1, 0.15) is 42.5 Å². The second-order valence-corrected chi connectivity index (χ2v) is 14.1. The molecule has 2 aliphatic carbocycles. The van der Waals surface area contributed by atoms with Crippen LogP contribution in [0.3, 0.4) is 0 Å². The Labute approximate surface area is 295 Å². The Morgan fingerprint density at radius 3 is 1.74 bits per heavy atom. The van der Waals surface area contributed by atoms with Gasteiger partial charge in [0.05, 0.1) is 0 Å². The highest BCUT2D eigenvalue weighted by Crippen LogP contribution is 2.53. The number of hydrogen-bond acceptors (Lipinski definition) is 1. The monoisotopic (exact) mass is 641 g/mol. The van der Waals surface area contributed by atoms with Gasteiger partial charge in [0.25, 0.3) is 0 Å². The molecule has 0 fully saturated rings. The quantitative estimate of drug-likeness (QED) is 0.175. The molecule has 0 saturated carbocycles. The lowest BCUT2D eigenvalue weighted by Crippen LogP contribution is -2.17. The van der Waals surface area contributed by atoms with Gasteiger partial charge in [-0.25, -0.2) is 0 Å². The molecule has 0 radical (unpaired) electrons. The van der Waals surface area contributed by atoms with Crippen molar-refractivity contribution in [1.29, 1.82) is 0 Å². The Balaban J connectivity index is 1.16. The van der Waals surface area contributed by atoms with Crippen molar-refractivity contribution in [1.82, 2.24) is 0 Å². The van der Waals surface area contributed by atoms with E-state index in [1.165, 1.54) is 66.8 Å². The van der Waals surface area contributed by atoms with E-state index in [0.717, 1.165) is 29.9 Å². The van der Waals surface area contributed by atoms with Gasteiger partial charge >= 0.3 is 0 Å². The second-order valence-electron chi connectivity index (χ2n) is 14.1. The van der Waals surface area contributed by atoms with Crippen molar-refractivity contribution in [3.63, 3.8) is 0 Å². The van der Waals surface area contributed by atoms with E-state index in [2.05, 4.69) is 195 Å². The zero-order valence-corrected chi connectivity index (χ0v) is 28.6. The number of hydrogen-bond donors (Lipinski definition) is 0. The normalized spacial score (nSPS) is 13.7. The van der Waals surface area contributed by atoms with Crippen LogP contribution in [-0.2, 0) is 11.8 Å². The highest BCUT2D eigenvalue weighted by Gasteiger charge is 2.38. The maximum atomic E-state index is 2.43. The molecule has 0 spiro atoms. The van der Waals surface area contributed by atoms with E-state index in [0.29, 0.717) is 0 Å². The summed E-state index contributed by atoms with van der Waals surface area (Å²) in [5.41, 5.74) is 19.0. The number of rotatable bonds is 6. The van der Waals surface area contributed by atoms with Crippen LogP contribution >= 0.6 is 0 Å². The van der Waals surface area contributed by atoms with Crippen molar-refractivity contribution in [2.24, 2.45) is 0 Å². The molecule has 0 unspecified atom stereocenters. The first-order valence-corrected chi connectivity index (χ1v) is 17.7. The van der Waals surface area contributed by atoms with E-state index in [-0.39, 0.29) is 5.41 Å². The molecular weight excluding hydrogens is 603 g/mol. The molecule has 240 valence electrons. The van der Waals surface area contributed by atoms with Crippen molar-refractivity contribution in [2.75, 3.05) is 4.90 Å². The number of allylic oxidation sites excluding steroid dienone is 1. The summed E-state index contributed by atoms with van der Waals surface area (Å²) in [5.74, 6) is 0. The average Bonchev–Trinajstić information content (AvgIpc) is 3.41. The van der Waals surface area contributed by atoms with Crippen LogP contribution in [0.5, 0.6) is 0 Å². The molecule has 1 heteroatoms. The number of nitrogens with zero attached hydrogens (tertiary/aromatic N) is 1. The molecule has 0 aliphatic heterocycles. The minimum Gasteiger partial charge on any atom is -0.310 e. The molecule has 2 aliphatic rings. The van der Waals surface area contributed by atoms with E-state index < -0.39 is 0 Å². The van der Waals surface area contributed by atoms with E-state index in [9.17, 15) is 0 Å². The molecule has 0 N–H and O–H groups in total. The molecule has 1 nitrogen and oxygen atoms in total. The Kier molecular flexibility index (Phi) is 7.36. The van der Waals surface area contributed by atoms with Gasteiger partial charge in [-0.15, -0.1) is 0 Å². The van der Waals surface area contributed by atoms with Crippen LogP contribution in [-0.4, -0.2) is 0 Å². The van der Waals surface area contributed by atoms with Crippen molar-refractivity contribution >= 4 is 23.1 Å². The fourth-order valence-electron chi connectivity index (χ4n) is 8.26. The third-order valence-electron chi connectivity index (χ3n) is 10.7. The molecule has 7 aromatic rings. The van der Waals surface area contributed by atoms with Crippen LogP contribution in [0.2, 0.25) is 0 Å². The minimum absolute atomic E-state index is 0.167. The first-order chi connectivity index (χ1) is 24.6. The van der Waals surface area contributed by atoms with Gasteiger partial charge in [-0.05, 0) is 116 Å². The summed E-state index contributed by atoms with van der Waals surface area (Å²) < 4.78 is 0. The minimum atomic E-state index is -0.167. The van der Waals surface area contributed by atoms with Gasteiger partial charge in [-0.3, -0.25) is 0 Å². The zero-order chi connectivity index (χ0) is 33.7. The smallest absolute Gasteiger partial charge is 0.0465 e. The third-order valence-corrected chi connectivity index (χ3v) is 10.7. The largest absolute Gasteiger partial charge is 0.310 e. The van der Waals surface area contributed by atoms with Gasteiger partial charge in [0, 0.05) is 22.5 Å². The van der Waals surface area contributed by atoms with Crippen molar-refractivity contribution in [3.8, 4) is 44.5 Å². The van der Waals surface area contributed by atoms with Gasteiger partial charge in [-0.2, -0.15) is 0 Å². The summed E-state index contributed by atoms with van der Waals surface area (Å²) in [6.45, 7) is 4.77. The molecule has 7 aromatic carbocycles. The molecule has 0 amide bonds. The van der Waals surface area contributed by atoms with Crippen molar-refractivity contribution < 1.29 is 0 Å². The Bertz CT molecular complexity index is 2360. The number of anilines is 3. The Morgan fingerprint density at radius 1 is 0.460 bits per heavy atom. The number of benzene rings is 7. The molecule has 0 atom stereocenters. The first-order valence-electron chi connectivity index (χ1n) is 17.7. The van der Waals surface area contributed by atoms with Gasteiger partial charge in [0.2, 0.25) is 0 Å². The van der Waals surface area contributed by atoms with Gasteiger partial charge in [0.15, 0.2) is 0 Å². The topological polar surface area (TPSA) is 3.24 Å². The molecule has 0 bridgehead atoms. The summed E-state index contributed by atoms with van der Waals surface area (Å²) in [6, 6.07) is 60.2. The van der Waals surface area contributed by atoms with Crippen LogP contribution in [0, 0.1) is 0 Å². The van der Waals surface area contributed by atoms with Crippen molar-refractivity contribution in [2.45, 2.75) is 32.1 Å². The standard InChI is InChI=1S/C49H39N/c1-49(2)47-33-41(31-32-45(47)46-22-12-21-44(48(46)49)37-15-7-4-8-16-37)50(39-27-23-35(24-28-39)34-13-5-3-6-14-34)40-29-25-38(26-30-40)43-20-11-18-36-17-9-10-19-42(36)43/h3-8,10-16,18-33H,9,17H2,1-2H3. The highest BCUT2D eigenvalue weighted by atomic mass is 15.1. The lowest BCUT2D eigenvalue weighted by molar-refractivity contribution is 0.662. The fraction of sp³-hybridized carbons (Fsp3) is 0.102. The Hall–Kier alpha value is -5.92. The molecule has 50 heavy (non-hydrogen) atoms. The Morgan fingerprint density at radius 2 is 1.02 bits per heavy atom. The molecule has 9 rings (SSSR count). The van der Waals surface area contributed by atoms with Crippen LogP contribution in [0.25, 0.3) is 50.6 Å². The summed E-state index contributed by atoms with van der Waals surface area (Å²) in [5, 5.41) is 0. The van der Waals surface area contributed by atoms with Gasteiger partial charge in [-0.1, -0.05) is 153 Å².